The van der Waals surface area contributed by atoms with Gasteiger partial charge in [0.25, 0.3) is 0 Å². The number of oxazole rings is 1. The number of carbonyl (C=O) groups is 1. The molecule has 2 unspecified atom stereocenters. The smallest absolute Gasteiger partial charge is 0.224 e. The zero-order valence-corrected chi connectivity index (χ0v) is 11.7. The molecule has 21 heavy (non-hydrogen) atoms. The Morgan fingerprint density at radius 1 is 1.48 bits per heavy atom. The second-order valence-electron chi connectivity index (χ2n) is 5.87. The van der Waals surface area contributed by atoms with E-state index >= 15 is 0 Å². The van der Waals surface area contributed by atoms with Crippen molar-refractivity contribution in [2.75, 3.05) is 18.8 Å². The van der Waals surface area contributed by atoms with E-state index in [2.05, 4.69) is 15.2 Å². The monoisotopic (exact) mass is 286 g/mol. The van der Waals surface area contributed by atoms with Crippen LogP contribution in [-0.2, 0) is 11.3 Å². The number of anilines is 1. The van der Waals surface area contributed by atoms with Crippen molar-refractivity contribution >= 4 is 22.7 Å². The average molecular weight is 286 g/mol. The van der Waals surface area contributed by atoms with Crippen LogP contribution in [0.5, 0.6) is 0 Å². The highest BCUT2D eigenvalue weighted by Gasteiger charge is 2.40. The Bertz CT molecular complexity index is 696. The molecule has 2 fully saturated rings. The van der Waals surface area contributed by atoms with Crippen molar-refractivity contribution in [2.24, 2.45) is 5.92 Å². The van der Waals surface area contributed by atoms with E-state index in [1.807, 2.05) is 12.1 Å². The molecule has 0 radical (unpaired) electrons. The fourth-order valence-electron chi connectivity index (χ4n) is 3.47. The lowest BCUT2D eigenvalue weighted by molar-refractivity contribution is -0.124. The lowest BCUT2D eigenvalue weighted by Crippen LogP contribution is -2.44. The number of piperidine rings is 1. The van der Waals surface area contributed by atoms with Crippen LogP contribution >= 0.6 is 0 Å². The van der Waals surface area contributed by atoms with Crippen molar-refractivity contribution in [3.63, 3.8) is 0 Å². The first kappa shape index (κ1) is 12.6. The second-order valence-corrected chi connectivity index (χ2v) is 5.87. The number of hydrogen-bond donors (Lipinski definition) is 2. The molecule has 1 aromatic carbocycles. The molecule has 6 heteroatoms. The summed E-state index contributed by atoms with van der Waals surface area (Å²) in [5.74, 6) is 1.00. The highest BCUT2D eigenvalue weighted by molar-refractivity contribution is 5.82. The largest absolute Gasteiger partial charge is 0.439 e. The van der Waals surface area contributed by atoms with E-state index in [1.54, 1.807) is 6.07 Å². The Balaban J connectivity index is 1.57. The van der Waals surface area contributed by atoms with Crippen molar-refractivity contribution in [3.05, 3.63) is 24.1 Å². The van der Waals surface area contributed by atoms with E-state index in [-0.39, 0.29) is 17.9 Å². The first-order valence-corrected chi connectivity index (χ1v) is 7.37. The van der Waals surface area contributed by atoms with Gasteiger partial charge in [-0.1, -0.05) is 0 Å². The number of nitrogens with zero attached hydrogens (tertiary/aromatic N) is 2. The highest BCUT2D eigenvalue weighted by atomic mass is 16.3. The number of benzene rings is 1. The van der Waals surface area contributed by atoms with Crippen LogP contribution in [-0.4, -0.2) is 34.9 Å². The van der Waals surface area contributed by atoms with E-state index in [1.165, 1.54) is 0 Å². The molecular formula is C15H18N4O2. The number of rotatable bonds is 2. The van der Waals surface area contributed by atoms with Crippen LogP contribution in [0.15, 0.2) is 22.6 Å². The van der Waals surface area contributed by atoms with Crippen molar-refractivity contribution in [2.45, 2.75) is 25.4 Å². The van der Waals surface area contributed by atoms with Crippen LogP contribution in [0.2, 0.25) is 0 Å². The molecular weight excluding hydrogens is 268 g/mol. The van der Waals surface area contributed by atoms with E-state index in [4.69, 9.17) is 10.2 Å². The molecule has 0 aliphatic carbocycles. The number of amides is 1. The molecule has 0 bridgehead atoms. The summed E-state index contributed by atoms with van der Waals surface area (Å²) in [5.41, 5.74) is 7.98. The minimum Gasteiger partial charge on any atom is -0.439 e. The second kappa shape index (κ2) is 4.73. The van der Waals surface area contributed by atoms with Gasteiger partial charge in [-0.3, -0.25) is 9.69 Å². The summed E-state index contributed by atoms with van der Waals surface area (Å²) >= 11 is 0. The maximum absolute atomic E-state index is 11.8. The lowest BCUT2D eigenvalue weighted by Gasteiger charge is -2.34. The maximum atomic E-state index is 11.8. The van der Waals surface area contributed by atoms with E-state index in [9.17, 15) is 4.79 Å². The summed E-state index contributed by atoms with van der Waals surface area (Å²) in [6, 6.07) is 5.76. The molecule has 110 valence electrons. The number of nitrogens with one attached hydrogen (secondary N) is 1. The van der Waals surface area contributed by atoms with Gasteiger partial charge in [-0.15, -0.1) is 0 Å². The SMILES string of the molecule is Nc1ccc2nc(CN3CCCC4C(=O)NCC43)oc2c1. The Morgan fingerprint density at radius 3 is 3.29 bits per heavy atom. The molecule has 3 N–H and O–H groups in total. The maximum Gasteiger partial charge on any atom is 0.224 e. The third-order valence-electron chi connectivity index (χ3n) is 4.51. The normalized spacial score (nSPS) is 26.0. The zero-order chi connectivity index (χ0) is 14.4. The molecule has 2 atom stereocenters. The summed E-state index contributed by atoms with van der Waals surface area (Å²) < 4.78 is 5.79. The molecule has 2 saturated heterocycles. The van der Waals surface area contributed by atoms with E-state index in [0.717, 1.165) is 37.0 Å². The van der Waals surface area contributed by atoms with Crippen LogP contribution in [0.25, 0.3) is 11.1 Å². The quantitative estimate of drug-likeness (QED) is 0.808. The van der Waals surface area contributed by atoms with Crippen LogP contribution in [0.1, 0.15) is 18.7 Å². The number of nitrogens with two attached hydrogens (primary N) is 1. The first-order chi connectivity index (χ1) is 10.2. The van der Waals surface area contributed by atoms with Crippen molar-refractivity contribution in [3.8, 4) is 0 Å². The summed E-state index contributed by atoms with van der Waals surface area (Å²) in [6.45, 7) is 2.36. The predicted molar refractivity (Wildman–Crippen MR) is 78.4 cm³/mol. The minimum absolute atomic E-state index is 0.124. The van der Waals surface area contributed by atoms with Gasteiger partial charge < -0.3 is 15.5 Å². The summed E-state index contributed by atoms with van der Waals surface area (Å²) in [4.78, 5) is 18.6. The van der Waals surface area contributed by atoms with E-state index < -0.39 is 0 Å². The Kier molecular flexibility index (Phi) is 2.85. The van der Waals surface area contributed by atoms with Crippen molar-refractivity contribution < 1.29 is 9.21 Å². The van der Waals surface area contributed by atoms with Gasteiger partial charge >= 0.3 is 0 Å². The first-order valence-electron chi connectivity index (χ1n) is 7.37. The fourth-order valence-corrected chi connectivity index (χ4v) is 3.47. The van der Waals surface area contributed by atoms with Crippen molar-refractivity contribution in [1.29, 1.82) is 0 Å². The average Bonchev–Trinajstić information content (AvgIpc) is 3.03. The molecule has 1 amide bonds. The predicted octanol–water partition coefficient (Wildman–Crippen LogP) is 1.12. The van der Waals surface area contributed by atoms with Gasteiger partial charge in [0.1, 0.15) is 5.52 Å². The van der Waals surface area contributed by atoms with Crippen LogP contribution in [0.3, 0.4) is 0 Å². The van der Waals surface area contributed by atoms with Crippen LogP contribution in [0.4, 0.5) is 5.69 Å². The molecule has 2 aliphatic rings. The molecule has 0 spiro atoms. The van der Waals surface area contributed by atoms with E-state index in [0.29, 0.717) is 18.1 Å². The summed E-state index contributed by atoms with van der Waals surface area (Å²) in [7, 11) is 0. The molecule has 1 aromatic heterocycles. The minimum atomic E-state index is 0.124. The van der Waals surface area contributed by atoms with Crippen LogP contribution < -0.4 is 11.1 Å². The molecule has 4 rings (SSSR count). The Hall–Kier alpha value is -2.08. The van der Waals surface area contributed by atoms with Crippen molar-refractivity contribution in [1.82, 2.24) is 15.2 Å². The lowest BCUT2D eigenvalue weighted by atomic mass is 9.91. The van der Waals surface area contributed by atoms with Gasteiger partial charge in [-0.05, 0) is 31.5 Å². The number of likely N-dealkylation sites (tertiary alicyclic amines) is 1. The zero-order valence-electron chi connectivity index (χ0n) is 11.7. The molecule has 3 heterocycles. The number of carbonyl (C=O) groups excluding carboxylic acids is 1. The summed E-state index contributed by atoms with van der Waals surface area (Å²) in [6.07, 6.45) is 2.03. The number of fused-ring (bicyclic) bond motifs is 2. The van der Waals surface area contributed by atoms with Gasteiger partial charge in [0.2, 0.25) is 11.8 Å². The fraction of sp³-hybridized carbons (Fsp3) is 0.467. The van der Waals surface area contributed by atoms with Crippen LogP contribution in [0, 0.1) is 5.92 Å². The number of hydrogen-bond acceptors (Lipinski definition) is 5. The Morgan fingerprint density at radius 2 is 2.38 bits per heavy atom. The number of nitrogen functional groups attached to an aromatic ring is 1. The van der Waals surface area contributed by atoms with Gasteiger partial charge in [0.15, 0.2) is 5.58 Å². The third kappa shape index (κ3) is 2.15. The number of aromatic nitrogens is 1. The third-order valence-corrected chi connectivity index (χ3v) is 4.51. The highest BCUT2D eigenvalue weighted by Crippen LogP contribution is 2.29. The molecule has 2 aliphatic heterocycles. The molecule has 2 aromatic rings. The van der Waals surface area contributed by atoms with Gasteiger partial charge in [0, 0.05) is 24.3 Å². The standard InChI is InChI=1S/C15H18N4O2/c16-9-3-4-11-13(6-9)21-14(18-11)8-19-5-1-2-10-12(19)7-17-15(10)20/h3-4,6,10,12H,1-2,5,7-8,16H2,(H,17,20). The Labute approximate surface area is 122 Å². The molecule has 6 nitrogen and oxygen atoms in total. The summed E-state index contributed by atoms with van der Waals surface area (Å²) in [5, 5.41) is 2.96. The van der Waals surface area contributed by atoms with Gasteiger partial charge in [0.05, 0.1) is 12.5 Å². The van der Waals surface area contributed by atoms with Gasteiger partial charge in [-0.2, -0.15) is 0 Å². The van der Waals surface area contributed by atoms with Gasteiger partial charge in [-0.25, -0.2) is 4.98 Å². The topological polar surface area (TPSA) is 84.4 Å². The molecule has 0 saturated carbocycles.